The van der Waals surface area contributed by atoms with Gasteiger partial charge in [0.15, 0.2) is 0 Å². The molecule has 0 aromatic rings. The van der Waals surface area contributed by atoms with Crippen LogP contribution in [-0.2, 0) is 4.74 Å². The molecule has 0 radical (unpaired) electrons. The molecule has 2 aliphatic rings. The van der Waals surface area contributed by atoms with Crippen molar-refractivity contribution in [1.29, 1.82) is 5.26 Å². The Kier molecular flexibility index (Phi) is 3.44. The topological polar surface area (TPSA) is 56.5 Å². The van der Waals surface area contributed by atoms with Gasteiger partial charge in [0.1, 0.15) is 5.41 Å². The first-order valence-corrected chi connectivity index (χ1v) is 6.48. The Morgan fingerprint density at radius 2 is 1.94 bits per heavy atom. The van der Waals surface area contributed by atoms with Crippen LogP contribution in [0, 0.1) is 16.7 Å². The van der Waals surface area contributed by atoms with Crippen molar-refractivity contribution in [1.82, 2.24) is 4.90 Å². The maximum atomic E-state index is 10.8. The number of piperidine rings is 1. The van der Waals surface area contributed by atoms with Gasteiger partial charge in [-0.05, 0) is 33.1 Å². The molecule has 96 valence electrons. The number of nitriles is 1. The summed E-state index contributed by atoms with van der Waals surface area (Å²) in [7, 11) is 0. The molecule has 0 saturated carbocycles. The van der Waals surface area contributed by atoms with Gasteiger partial charge < -0.3 is 14.7 Å². The fourth-order valence-electron chi connectivity index (χ4n) is 3.01. The standard InChI is InChI=1S/C13H22N2O2/c1-11(2)15-6-3-13(16,4-7-15)12(9-14)5-8-17-10-12/h11,16H,3-8,10H2,1-2H3. The second-order valence-electron chi connectivity index (χ2n) is 5.66. The average Bonchev–Trinajstić information content (AvgIpc) is 2.79. The number of hydrogen-bond acceptors (Lipinski definition) is 4. The van der Waals surface area contributed by atoms with Crippen LogP contribution < -0.4 is 0 Å². The fourth-order valence-corrected chi connectivity index (χ4v) is 3.01. The molecule has 0 amide bonds. The summed E-state index contributed by atoms with van der Waals surface area (Å²) in [6.45, 7) is 7.08. The lowest BCUT2D eigenvalue weighted by Crippen LogP contribution is -2.56. The predicted molar refractivity (Wildman–Crippen MR) is 64.4 cm³/mol. The molecule has 4 nitrogen and oxygen atoms in total. The van der Waals surface area contributed by atoms with Crippen molar-refractivity contribution < 1.29 is 9.84 Å². The molecule has 0 aromatic heterocycles. The van der Waals surface area contributed by atoms with Gasteiger partial charge in [0.05, 0.1) is 18.3 Å². The van der Waals surface area contributed by atoms with Crippen molar-refractivity contribution in [3.8, 4) is 6.07 Å². The number of aliphatic hydroxyl groups is 1. The molecular weight excluding hydrogens is 216 g/mol. The van der Waals surface area contributed by atoms with Crippen LogP contribution in [0.2, 0.25) is 0 Å². The number of rotatable bonds is 2. The fraction of sp³-hybridized carbons (Fsp3) is 0.923. The molecule has 2 saturated heterocycles. The zero-order chi connectivity index (χ0) is 12.5. The second-order valence-corrected chi connectivity index (χ2v) is 5.66. The first-order valence-electron chi connectivity index (χ1n) is 6.48. The highest BCUT2D eigenvalue weighted by atomic mass is 16.5. The summed E-state index contributed by atoms with van der Waals surface area (Å²) >= 11 is 0. The molecule has 0 spiro atoms. The Balaban J connectivity index is 2.09. The van der Waals surface area contributed by atoms with Crippen molar-refractivity contribution in [2.45, 2.75) is 44.8 Å². The van der Waals surface area contributed by atoms with E-state index < -0.39 is 11.0 Å². The van der Waals surface area contributed by atoms with E-state index >= 15 is 0 Å². The van der Waals surface area contributed by atoms with Gasteiger partial charge in [0, 0.05) is 25.7 Å². The summed E-state index contributed by atoms with van der Waals surface area (Å²) in [4.78, 5) is 2.36. The minimum atomic E-state index is -0.857. The molecule has 1 N–H and O–H groups in total. The molecular formula is C13H22N2O2. The summed E-state index contributed by atoms with van der Waals surface area (Å²) in [5.74, 6) is 0. The molecule has 2 heterocycles. The maximum Gasteiger partial charge on any atom is 0.111 e. The number of ether oxygens (including phenoxy) is 1. The highest BCUT2D eigenvalue weighted by molar-refractivity contribution is 5.14. The highest BCUT2D eigenvalue weighted by Crippen LogP contribution is 2.45. The smallest absolute Gasteiger partial charge is 0.111 e. The van der Waals surface area contributed by atoms with E-state index in [4.69, 9.17) is 4.74 Å². The molecule has 0 aromatic carbocycles. The summed E-state index contributed by atoms with van der Waals surface area (Å²) in [5.41, 5.74) is -1.53. The van der Waals surface area contributed by atoms with Crippen LogP contribution in [0.25, 0.3) is 0 Å². The first-order chi connectivity index (χ1) is 8.03. The monoisotopic (exact) mass is 238 g/mol. The quantitative estimate of drug-likeness (QED) is 0.784. The van der Waals surface area contributed by atoms with E-state index in [1.54, 1.807) is 0 Å². The second kappa shape index (κ2) is 4.56. The van der Waals surface area contributed by atoms with E-state index in [0.717, 1.165) is 13.1 Å². The molecule has 4 heteroatoms. The van der Waals surface area contributed by atoms with Crippen LogP contribution in [0.5, 0.6) is 0 Å². The number of hydrogen-bond donors (Lipinski definition) is 1. The molecule has 1 atom stereocenters. The zero-order valence-electron chi connectivity index (χ0n) is 10.8. The zero-order valence-corrected chi connectivity index (χ0v) is 10.8. The lowest BCUT2D eigenvalue weighted by molar-refractivity contribution is -0.101. The van der Waals surface area contributed by atoms with Gasteiger partial charge in [0.2, 0.25) is 0 Å². The summed E-state index contributed by atoms with van der Waals surface area (Å²) in [5, 5.41) is 20.2. The maximum absolute atomic E-state index is 10.8. The van der Waals surface area contributed by atoms with E-state index in [9.17, 15) is 10.4 Å². The van der Waals surface area contributed by atoms with Crippen LogP contribution in [0.1, 0.15) is 33.1 Å². The summed E-state index contributed by atoms with van der Waals surface area (Å²) in [6.07, 6.45) is 2.03. The van der Waals surface area contributed by atoms with Crippen molar-refractivity contribution >= 4 is 0 Å². The predicted octanol–water partition coefficient (Wildman–Crippen LogP) is 1.15. The van der Waals surface area contributed by atoms with Crippen molar-refractivity contribution in [2.75, 3.05) is 26.3 Å². The van der Waals surface area contributed by atoms with E-state index in [-0.39, 0.29) is 0 Å². The third-order valence-corrected chi connectivity index (χ3v) is 4.48. The molecule has 0 bridgehead atoms. The Morgan fingerprint density at radius 1 is 1.29 bits per heavy atom. The van der Waals surface area contributed by atoms with Crippen LogP contribution in [0.15, 0.2) is 0 Å². The Bertz CT molecular complexity index is 308. The molecule has 1 unspecified atom stereocenters. The molecule has 2 rings (SSSR count). The van der Waals surface area contributed by atoms with E-state index in [1.165, 1.54) is 0 Å². The number of nitrogens with zero attached hydrogens (tertiary/aromatic N) is 2. The van der Waals surface area contributed by atoms with Crippen LogP contribution in [-0.4, -0.2) is 48.0 Å². The van der Waals surface area contributed by atoms with Crippen molar-refractivity contribution in [3.05, 3.63) is 0 Å². The Hall–Kier alpha value is -0.630. The summed E-state index contributed by atoms with van der Waals surface area (Å²) in [6, 6.07) is 2.85. The van der Waals surface area contributed by atoms with Crippen molar-refractivity contribution in [3.63, 3.8) is 0 Å². The lowest BCUT2D eigenvalue weighted by atomic mass is 9.67. The van der Waals surface area contributed by atoms with Crippen LogP contribution in [0.4, 0.5) is 0 Å². The largest absolute Gasteiger partial charge is 0.388 e. The van der Waals surface area contributed by atoms with E-state index in [0.29, 0.717) is 38.5 Å². The Morgan fingerprint density at radius 3 is 2.35 bits per heavy atom. The van der Waals surface area contributed by atoms with E-state index in [2.05, 4.69) is 24.8 Å². The SMILES string of the molecule is CC(C)N1CCC(O)(C2(C#N)CCOC2)CC1. The third kappa shape index (κ3) is 2.08. The van der Waals surface area contributed by atoms with Gasteiger partial charge in [-0.15, -0.1) is 0 Å². The van der Waals surface area contributed by atoms with Crippen molar-refractivity contribution in [2.24, 2.45) is 5.41 Å². The minimum Gasteiger partial charge on any atom is -0.388 e. The van der Waals surface area contributed by atoms with Gasteiger partial charge >= 0.3 is 0 Å². The minimum absolute atomic E-state index is 0.391. The molecule has 0 aliphatic carbocycles. The van der Waals surface area contributed by atoms with Crippen LogP contribution in [0.3, 0.4) is 0 Å². The van der Waals surface area contributed by atoms with Gasteiger partial charge in [-0.25, -0.2) is 0 Å². The Labute approximate surface area is 103 Å². The van der Waals surface area contributed by atoms with Gasteiger partial charge in [-0.3, -0.25) is 0 Å². The molecule has 2 aliphatic heterocycles. The van der Waals surface area contributed by atoms with Gasteiger partial charge in [-0.2, -0.15) is 5.26 Å². The summed E-state index contributed by atoms with van der Waals surface area (Å²) < 4.78 is 5.35. The highest BCUT2D eigenvalue weighted by Gasteiger charge is 2.54. The van der Waals surface area contributed by atoms with Gasteiger partial charge in [-0.1, -0.05) is 0 Å². The molecule has 17 heavy (non-hydrogen) atoms. The van der Waals surface area contributed by atoms with E-state index in [1.807, 2.05) is 0 Å². The number of likely N-dealkylation sites (tertiary alicyclic amines) is 1. The van der Waals surface area contributed by atoms with Gasteiger partial charge in [0.25, 0.3) is 0 Å². The van der Waals surface area contributed by atoms with Crippen LogP contribution >= 0.6 is 0 Å². The normalized spacial score (nSPS) is 33.8. The first kappa shape index (κ1) is 12.8. The molecule has 2 fully saturated rings. The lowest BCUT2D eigenvalue weighted by Gasteiger charge is -2.46. The third-order valence-electron chi connectivity index (χ3n) is 4.48. The average molecular weight is 238 g/mol.